The number of benzene rings is 1. The minimum Gasteiger partial charge on any atom is -0.316 e. The zero-order chi connectivity index (χ0) is 18.3. The molecule has 0 unspecified atom stereocenters. The number of fused-ring (bicyclic) bond motifs is 1. The Labute approximate surface area is 158 Å². The Balaban J connectivity index is 1.87. The maximum absolute atomic E-state index is 11.9. The van der Waals surface area contributed by atoms with Crippen LogP contribution in [0, 0.1) is 6.92 Å². The second-order valence-electron chi connectivity index (χ2n) is 5.77. The highest BCUT2D eigenvalue weighted by Gasteiger charge is 2.16. The van der Waals surface area contributed by atoms with E-state index >= 15 is 0 Å². The third kappa shape index (κ3) is 3.20. The van der Waals surface area contributed by atoms with E-state index in [2.05, 4.69) is 20.3 Å². The fraction of sp³-hybridized carbons (Fsp3) is 0.118. The minimum atomic E-state index is -3.28. The average molecular weight is 403 g/mol. The fourth-order valence-corrected chi connectivity index (χ4v) is 4.86. The number of anilines is 2. The van der Waals surface area contributed by atoms with Crippen molar-refractivity contribution in [1.82, 2.24) is 15.0 Å². The van der Waals surface area contributed by atoms with Gasteiger partial charge in [0.1, 0.15) is 17.0 Å². The number of nitrogens with zero attached hydrogens (tertiary/aromatic N) is 3. The van der Waals surface area contributed by atoms with E-state index in [1.165, 1.54) is 35.3 Å². The van der Waals surface area contributed by atoms with Crippen LogP contribution in [0.15, 0.2) is 46.2 Å². The van der Waals surface area contributed by atoms with Gasteiger partial charge >= 0.3 is 0 Å². The first-order chi connectivity index (χ1) is 12.4. The lowest BCUT2D eigenvalue weighted by atomic mass is 10.1. The first kappa shape index (κ1) is 17.1. The van der Waals surface area contributed by atoms with Crippen molar-refractivity contribution >= 4 is 53.7 Å². The average Bonchev–Trinajstić information content (AvgIpc) is 3.21. The lowest BCUT2D eigenvalue weighted by Gasteiger charge is -2.07. The van der Waals surface area contributed by atoms with Crippen LogP contribution in [-0.2, 0) is 9.84 Å². The second kappa shape index (κ2) is 6.42. The summed E-state index contributed by atoms with van der Waals surface area (Å²) < 4.78 is 23.8. The molecule has 4 aromatic rings. The Kier molecular flexibility index (Phi) is 4.22. The van der Waals surface area contributed by atoms with Crippen molar-refractivity contribution in [1.29, 1.82) is 0 Å². The third-order valence-corrected chi connectivity index (χ3v) is 6.66. The first-order valence-corrected chi connectivity index (χ1v) is 11.3. The predicted molar refractivity (Wildman–Crippen MR) is 106 cm³/mol. The van der Waals surface area contributed by atoms with Crippen LogP contribution in [0.1, 0.15) is 5.69 Å². The van der Waals surface area contributed by atoms with Crippen molar-refractivity contribution in [2.24, 2.45) is 0 Å². The molecule has 1 aromatic carbocycles. The molecule has 0 spiro atoms. The van der Waals surface area contributed by atoms with Crippen molar-refractivity contribution in [2.75, 3.05) is 11.6 Å². The molecule has 6 nitrogen and oxygen atoms in total. The highest BCUT2D eigenvalue weighted by atomic mass is 32.2. The van der Waals surface area contributed by atoms with Crippen LogP contribution in [-0.4, -0.2) is 29.6 Å². The molecule has 0 aliphatic rings. The molecule has 0 fully saturated rings. The monoisotopic (exact) mass is 402 g/mol. The molecule has 1 N–H and O–H groups in total. The summed E-state index contributed by atoms with van der Waals surface area (Å²) in [5.74, 6) is 0.658. The van der Waals surface area contributed by atoms with Crippen LogP contribution in [0.25, 0.3) is 21.3 Å². The van der Waals surface area contributed by atoms with Gasteiger partial charge in [-0.1, -0.05) is 12.1 Å². The molecule has 0 amide bonds. The Morgan fingerprint density at radius 1 is 1.12 bits per heavy atom. The van der Waals surface area contributed by atoms with Gasteiger partial charge < -0.3 is 5.32 Å². The molecule has 26 heavy (non-hydrogen) atoms. The molecule has 3 heterocycles. The molecular weight excluding hydrogens is 388 g/mol. The van der Waals surface area contributed by atoms with Crippen LogP contribution in [0.4, 0.5) is 10.9 Å². The highest BCUT2D eigenvalue weighted by Crippen LogP contribution is 2.38. The van der Waals surface area contributed by atoms with Gasteiger partial charge in [0, 0.05) is 22.6 Å². The highest BCUT2D eigenvalue weighted by molar-refractivity contribution is 7.90. The molecule has 4 rings (SSSR count). The van der Waals surface area contributed by atoms with Gasteiger partial charge in [-0.25, -0.2) is 23.4 Å². The van der Waals surface area contributed by atoms with Gasteiger partial charge in [-0.05, 0) is 24.6 Å². The summed E-state index contributed by atoms with van der Waals surface area (Å²) in [6, 6.07) is 6.92. The Bertz CT molecular complexity index is 1210. The van der Waals surface area contributed by atoms with Crippen molar-refractivity contribution in [3.8, 4) is 11.1 Å². The second-order valence-corrected chi connectivity index (χ2v) is 9.50. The predicted octanol–water partition coefficient (Wildman–Crippen LogP) is 4.27. The molecule has 0 aliphatic heterocycles. The molecule has 0 atom stereocenters. The Morgan fingerprint density at radius 3 is 2.69 bits per heavy atom. The summed E-state index contributed by atoms with van der Waals surface area (Å²) in [7, 11) is -3.28. The fourth-order valence-electron chi connectivity index (χ4n) is 2.59. The number of rotatable bonds is 4. The molecule has 3 aromatic heterocycles. The van der Waals surface area contributed by atoms with Gasteiger partial charge in [0.15, 0.2) is 15.0 Å². The quantitative estimate of drug-likeness (QED) is 0.549. The van der Waals surface area contributed by atoms with Crippen LogP contribution < -0.4 is 5.32 Å². The van der Waals surface area contributed by atoms with E-state index in [0.717, 1.165) is 32.2 Å². The molecule has 0 aliphatic carbocycles. The number of sulfone groups is 1. The lowest BCUT2D eigenvalue weighted by Crippen LogP contribution is -1.97. The summed E-state index contributed by atoms with van der Waals surface area (Å²) in [5.41, 5.74) is 2.65. The van der Waals surface area contributed by atoms with Crippen LogP contribution in [0.2, 0.25) is 0 Å². The summed E-state index contributed by atoms with van der Waals surface area (Å²) in [6.45, 7) is 1.93. The van der Waals surface area contributed by atoms with Gasteiger partial charge in [0.25, 0.3) is 0 Å². The number of thiophene rings is 1. The smallest absolute Gasteiger partial charge is 0.188 e. The maximum Gasteiger partial charge on any atom is 0.188 e. The Hall–Kier alpha value is -2.36. The zero-order valence-corrected chi connectivity index (χ0v) is 16.4. The normalized spacial score (nSPS) is 11.8. The number of hydrogen-bond acceptors (Lipinski definition) is 8. The standard InChI is InChI=1S/C17H14N4O2S3/c1-10-7-25-17(20-10)21-15-14-13(8-24-16(14)19-9-18-15)11-4-3-5-12(6-11)26(2,22)23/h3-9H,1-2H3,(H,18,19,20,21). The number of nitrogens with one attached hydrogen (secondary N) is 1. The van der Waals surface area contributed by atoms with E-state index in [0.29, 0.717) is 5.82 Å². The topological polar surface area (TPSA) is 84.8 Å². The molecule has 0 bridgehead atoms. The van der Waals surface area contributed by atoms with Crippen LogP contribution >= 0.6 is 22.7 Å². The van der Waals surface area contributed by atoms with Crippen molar-refractivity contribution in [3.05, 3.63) is 47.0 Å². The summed E-state index contributed by atoms with van der Waals surface area (Å²) in [6.07, 6.45) is 2.72. The number of aromatic nitrogens is 3. The van der Waals surface area contributed by atoms with Crippen molar-refractivity contribution in [2.45, 2.75) is 11.8 Å². The summed E-state index contributed by atoms with van der Waals surface area (Å²) in [5, 5.41) is 8.80. The SMILES string of the molecule is Cc1csc(Nc2ncnc3scc(-c4cccc(S(C)(=O)=O)c4)c23)n1. The van der Waals surface area contributed by atoms with Crippen molar-refractivity contribution in [3.63, 3.8) is 0 Å². The van der Waals surface area contributed by atoms with Crippen LogP contribution in [0.3, 0.4) is 0 Å². The van der Waals surface area contributed by atoms with Gasteiger partial charge in [-0.3, -0.25) is 0 Å². The molecule has 132 valence electrons. The van der Waals surface area contributed by atoms with E-state index in [-0.39, 0.29) is 4.90 Å². The number of aryl methyl sites for hydroxylation is 1. The van der Waals surface area contributed by atoms with Crippen LogP contribution in [0.5, 0.6) is 0 Å². The lowest BCUT2D eigenvalue weighted by molar-refractivity contribution is 0.602. The molecule has 0 radical (unpaired) electrons. The summed E-state index contributed by atoms with van der Waals surface area (Å²) >= 11 is 3.00. The largest absolute Gasteiger partial charge is 0.316 e. The summed E-state index contributed by atoms with van der Waals surface area (Å²) in [4.78, 5) is 14.2. The zero-order valence-electron chi connectivity index (χ0n) is 13.9. The van der Waals surface area contributed by atoms with Gasteiger partial charge in [0.2, 0.25) is 0 Å². The van der Waals surface area contributed by atoms with E-state index < -0.39 is 9.84 Å². The number of hydrogen-bond donors (Lipinski definition) is 1. The Morgan fingerprint density at radius 2 is 1.96 bits per heavy atom. The molecule has 9 heteroatoms. The van der Waals surface area contributed by atoms with Crippen molar-refractivity contribution < 1.29 is 8.42 Å². The third-order valence-electron chi connectivity index (χ3n) is 3.79. The number of thiazole rings is 1. The van der Waals surface area contributed by atoms with Gasteiger partial charge in [-0.15, -0.1) is 22.7 Å². The maximum atomic E-state index is 11.9. The molecular formula is C17H14N4O2S3. The van der Waals surface area contributed by atoms with E-state index in [1.807, 2.05) is 23.8 Å². The van der Waals surface area contributed by atoms with E-state index in [4.69, 9.17) is 0 Å². The minimum absolute atomic E-state index is 0.288. The van der Waals surface area contributed by atoms with Gasteiger partial charge in [0.05, 0.1) is 16.0 Å². The molecule has 0 saturated carbocycles. The first-order valence-electron chi connectivity index (χ1n) is 7.63. The van der Waals surface area contributed by atoms with Gasteiger partial charge in [-0.2, -0.15) is 0 Å². The van der Waals surface area contributed by atoms with E-state index in [9.17, 15) is 8.42 Å². The van der Waals surface area contributed by atoms with E-state index in [1.54, 1.807) is 18.2 Å². The molecule has 0 saturated heterocycles.